The van der Waals surface area contributed by atoms with Gasteiger partial charge in [-0.25, -0.2) is 0 Å². The molecular weight excluding hydrogens is 222 g/mol. The van der Waals surface area contributed by atoms with Gasteiger partial charge in [0.15, 0.2) is 0 Å². The lowest BCUT2D eigenvalue weighted by Crippen LogP contribution is -1.95. The van der Waals surface area contributed by atoms with Gasteiger partial charge in [-0.15, -0.1) is 0 Å². The molecule has 0 saturated carbocycles. The van der Waals surface area contributed by atoms with E-state index in [0.717, 1.165) is 28.6 Å². The lowest BCUT2D eigenvalue weighted by atomic mass is 10.1. The van der Waals surface area contributed by atoms with Gasteiger partial charge >= 0.3 is 0 Å². The molecule has 18 heavy (non-hydrogen) atoms. The molecule has 0 radical (unpaired) electrons. The smallest absolute Gasteiger partial charge is 0.0705 e. The molecule has 0 bridgehead atoms. The molecule has 3 rings (SSSR count). The van der Waals surface area contributed by atoms with Crippen LogP contribution in [0.4, 0.5) is 5.69 Å². The molecule has 0 fully saturated rings. The fourth-order valence-electron chi connectivity index (χ4n) is 2.02. The van der Waals surface area contributed by atoms with Gasteiger partial charge in [-0.05, 0) is 23.8 Å². The van der Waals surface area contributed by atoms with Crippen molar-refractivity contribution in [2.75, 3.05) is 5.73 Å². The number of para-hydroxylation sites is 1. The predicted molar refractivity (Wildman–Crippen MR) is 73.2 cm³/mol. The van der Waals surface area contributed by atoms with Crippen molar-refractivity contribution in [3.63, 3.8) is 0 Å². The first kappa shape index (κ1) is 10.7. The van der Waals surface area contributed by atoms with Crippen LogP contribution in [0.3, 0.4) is 0 Å². The molecule has 3 heteroatoms. The van der Waals surface area contributed by atoms with Gasteiger partial charge in [0.05, 0.1) is 11.2 Å². The Labute approximate surface area is 105 Å². The van der Waals surface area contributed by atoms with Crippen molar-refractivity contribution < 1.29 is 0 Å². The molecule has 0 amide bonds. The summed E-state index contributed by atoms with van der Waals surface area (Å²) in [6.45, 7) is 0. The quantitative estimate of drug-likeness (QED) is 0.743. The van der Waals surface area contributed by atoms with Crippen LogP contribution in [-0.2, 0) is 6.42 Å². The Morgan fingerprint density at radius 3 is 2.78 bits per heavy atom. The minimum Gasteiger partial charge on any atom is -0.397 e. The number of rotatable bonds is 2. The molecule has 3 aromatic rings. The number of nitrogens with two attached hydrogens (primary N) is 1. The second-order valence-corrected chi connectivity index (χ2v) is 4.30. The minimum absolute atomic E-state index is 0.688. The Kier molecular flexibility index (Phi) is 2.65. The molecule has 3 nitrogen and oxygen atoms in total. The Bertz CT molecular complexity index is 692. The minimum atomic E-state index is 0.688. The molecule has 2 N–H and O–H groups in total. The standard InChI is InChI=1S/C15H13N3/c16-13-7-11(9-17-10-13)8-14-6-5-12-3-1-2-4-15(12)18-14/h1-7,9-10H,8,16H2. The number of hydrogen-bond donors (Lipinski definition) is 1. The molecule has 0 saturated heterocycles. The van der Waals surface area contributed by atoms with E-state index in [1.165, 1.54) is 0 Å². The first-order valence-corrected chi connectivity index (χ1v) is 5.85. The van der Waals surface area contributed by atoms with Gasteiger partial charge in [-0.3, -0.25) is 9.97 Å². The van der Waals surface area contributed by atoms with Crippen molar-refractivity contribution in [3.8, 4) is 0 Å². The lowest BCUT2D eigenvalue weighted by molar-refractivity contribution is 1.08. The van der Waals surface area contributed by atoms with E-state index >= 15 is 0 Å². The number of pyridine rings is 2. The second-order valence-electron chi connectivity index (χ2n) is 4.30. The summed E-state index contributed by atoms with van der Waals surface area (Å²) in [5.74, 6) is 0. The molecule has 88 valence electrons. The number of benzene rings is 1. The summed E-state index contributed by atoms with van der Waals surface area (Å²) in [5, 5.41) is 1.16. The van der Waals surface area contributed by atoms with Gasteiger partial charge in [0.1, 0.15) is 0 Å². The zero-order chi connectivity index (χ0) is 12.4. The van der Waals surface area contributed by atoms with Crippen LogP contribution in [0.25, 0.3) is 10.9 Å². The van der Waals surface area contributed by atoms with E-state index in [9.17, 15) is 0 Å². The van der Waals surface area contributed by atoms with Gasteiger partial charge in [-0.1, -0.05) is 24.3 Å². The number of hydrogen-bond acceptors (Lipinski definition) is 3. The summed E-state index contributed by atoms with van der Waals surface area (Å²) in [7, 11) is 0. The van der Waals surface area contributed by atoms with Crippen LogP contribution in [0, 0.1) is 0 Å². The van der Waals surface area contributed by atoms with E-state index in [4.69, 9.17) is 5.73 Å². The predicted octanol–water partition coefficient (Wildman–Crippen LogP) is 2.80. The SMILES string of the molecule is Nc1cncc(Cc2ccc3ccccc3n2)c1. The van der Waals surface area contributed by atoms with E-state index in [1.54, 1.807) is 6.20 Å². The van der Waals surface area contributed by atoms with E-state index < -0.39 is 0 Å². The Balaban J connectivity index is 1.95. The maximum atomic E-state index is 5.72. The Hall–Kier alpha value is -2.42. The summed E-state index contributed by atoms with van der Waals surface area (Å²) in [4.78, 5) is 8.72. The number of aromatic nitrogens is 2. The van der Waals surface area contributed by atoms with Crippen molar-refractivity contribution in [3.05, 3.63) is 66.1 Å². The molecule has 0 aliphatic carbocycles. The van der Waals surface area contributed by atoms with Crippen molar-refractivity contribution in [2.24, 2.45) is 0 Å². The molecule has 0 aliphatic rings. The number of fused-ring (bicyclic) bond motifs is 1. The van der Waals surface area contributed by atoms with E-state index in [-0.39, 0.29) is 0 Å². The highest BCUT2D eigenvalue weighted by Gasteiger charge is 2.00. The summed E-state index contributed by atoms with van der Waals surface area (Å²) in [5.41, 5.74) is 9.54. The first-order valence-electron chi connectivity index (χ1n) is 5.85. The third-order valence-electron chi connectivity index (χ3n) is 2.86. The largest absolute Gasteiger partial charge is 0.397 e. The van der Waals surface area contributed by atoms with Crippen LogP contribution in [0.5, 0.6) is 0 Å². The number of nitrogens with zero attached hydrogens (tertiary/aromatic N) is 2. The van der Waals surface area contributed by atoms with Crippen molar-refractivity contribution in [1.82, 2.24) is 9.97 Å². The van der Waals surface area contributed by atoms with Gasteiger partial charge < -0.3 is 5.73 Å². The van der Waals surface area contributed by atoms with Gasteiger partial charge in [0.25, 0.3) is 0 Å². The fourth-order valence-corrected chi connectivity index (χ4v) is 2.02. The zero-order valence-electron chi connectivity index (χ0n) is 9.88. The first-order chi connectivity index (χ1) is 8.81. The maximum Gasteiger partial charge on any atom is 0.0705 e. The Morgan fingerprint density at radius 2 is 1.89 bits per heavy atom. The normalized spacial score (nSPS) is 10.7. The van der Waals surface area contributed by atoms with Crippen LogP contribution in [0.2, 0.25) is 0 Å². The van der Waals surface area contributed by atoms with Gasteiger partial charge in [-0.2, -0.15) is 0 Å². The van der Waals surface area contributed by atoms with Crippen LogP contribution >= 0.6 is 0 Å². The molecule has 1 aromatic carbocycles. The Morgan fingerprint density at radius 1 is 1.00 bits per heavy atom. The highest BCUT2D eigenvalue weighted by molar-refractivity contribution is 5.78. The summed E-state index contributed by atoms with van der Waals surface area (Å²) in [6.07, 6.45) is 4.23. The van der Waals surface area contributed by atoms with Gasteiger partial charge in [0.2, 0.25) is 0 Å². The highest BCUT2D eigenvalue weighted by atomic mass is 14.7. The summed E-state index contributed by atoms with van der Waals surface area (Å²) in [6, 6.07) is 14.2. The number of anilines is 1. The summed E-state index contributed by atoms with van der Waals surface area (Å²) < 4.78 is 0. The molecule has 0 aliphatic heterocycles. The maximum absolute atomic E-state index is 5.72. The molecule has 2 heterocycles. The van der Waals surface area contributed by atoms with Gasteiger partial charge in [0, 0.05) is 29.9 Å². The third kappa shape index (κ3) is 2.15. The van der Waals surface area contributed by atoms with Crippen LogP contribution in [0.15, 0.2) is 54.9 Å². The second kappa shape index (κ2) is 4.45. The zero-order valence-corrected chi connectivity index (χ0v) is 9.88. The van der Waals surface area contributed by atoms with E-state index in [1.807, 2.05) is 36.5 Å². The number of nitrogen functional groups attached to an aromatic ring is 1. The van der Waals surface area contributed by atoms with Crippen LogP contribution < -0.4 is 5.73 Å². The van der Waals surface area contributed by atoms with Crippen LogP contribution in [0.1, 0.15) is 11.3 Å². The topological polar surface area (TPSA) is 51.8 Å². The average molecular weight is 235 g/mol. The van der Waals surface area contributed by atoms with Crippen molar-refractivity contribution in [1.29, 1.82) is 0 Å². The molecule has 0 unspecified atom stereocenters. The van der Waals surface area contributed by atoms with E-state index in [2.05, 4.69) is 22.1 Å². The van der Waals surface area contributed by atoms with Crippen molar-refractivity contribution in [2.45, 2.75) is 6.42 Å². The average Bonchev–Trinajstić information content (AvgIpc) is 2.39. The lowest BCUT2D eigenvalue weighted by Gasteiger charge is -2.03. The molecule has 0 spiro atoms. The molecule has 2 aromatic heterocycles. The third-order valence-corrected chi connectivity index (χ3v) is 2.86. The summed E-state index contributed by atoms with van der Waals surface area (Å²) >= 11 is 0. The van der Waals surface area contributed by atoms with Crippen LogP contribution in [-0.4, -0.2) is 9.97 Å². The van der Waals surface area contributed by atoms with Crippen molar-refractivity contribution >= 4 is 16.6 Å². The highest BCUT2D eigenvalue weighted by Crippen LogP contribution is 2.15. The fraction of sp³-hybridized carbons (Fsp3) is 0.0667. The van der Waals surface area contributed by atoms with E-state index in [0.29, 0.717) is 5.69 Å². The molecule has 0 atom stereocenters. The molecular formula is C15H13N3. The monoisotopic (exact) mass is 235 g/mol.